The predicted molar refractivity (Wildman–Crippen MR) is 68.6 cm³/mol. The van der Waals surface area contributed by atoms with E-state index in [0.29, 0.717) is 11.5 Å². The lowest BCUT2D eigenvalue weighted by Crippen LogP contribution is -2.12. The molecule has 0 saturated carbocycles. The summed E-state index contributed by atoms with van der Waals surface area (Å²) in [5, 5.41) is 18.3. The first-order valence-corrected chi connectivity index (χ1v) is 5.88. The molecule has 6 heteroatoms. The van der Waals surface area contributed by atoms with Crippen LogP contribution in [0.3, 0.4) is 0 Å². The zero-order chi connectivity index (χ0) is 13.2. The molecule has 3 rings (SSSR count). The summed E-state index contributed by atoms with van der Waals surface area (Å²) in [6.45, 7) is 0. The Morgan fingerprint density at radius 3 is 2.68 bits per heavy atom. The smallest absolute Gasteiger partial charge is 0.155 e. The predicted octanol–water partition coefficient (Wildman–Crippen LogP) is 1.08. The normalized spacial score (nSPS) is 12.5. The maximum Gasteiger partial charge on any atom is 0.155 e. The summed E-state index contributed by atoms with van der Waals surface area (Å²) in [7, 11) is 1.84. The highest BCUT2D eigenvalue weighted by atomic mass is 16.3. The molecule has 0 aliphatic carbocycles. The number of aliphatic hydroxyl groups is 1. The van der Waals surface area contributed by atoms with Crippen molar-refractivity contribution in [2.45, 2.75) is 6.10 Å². The molecule has 96 valence electrons. The number of aromatic nitrogens is 5. The van der Waals surface area contributed by atoms with Crippen LogP contribution in [0, 0.1) is 0 Å². The molecule has 1 aromatic carbocycles. The van der Waals surface area contributed by atoms with E-state index in [1.54, 1.807) is 27.8 Å². The highest BCUT2D eigenvalue weighted by Crippen LogP contribution is 2.21. The molecule has 1 N–H and O–H groups in total. The number of imidazole rings is 1. The lowest BCUT2D eigenvalue weighted by atomic mass is 10.2. The van der Waals surface area contributed by atoms with Crippen LogP contribution < -0.4 is 0 Å². The third-order valence-electron chi connectivity index (χ3n) is 2.96. The molecule has 1 atom stereocenters. The molecule has 0 amide bonds. The van der Waals surface area contributed by atoms with Crippen LogP contribution >= 0.6 is 0 Å². The van der Waals surface area contributed by atoms with E-state index in [4.69, 9.17) is 0 Å². The largest absolute Gasteiger partial charge is 0.379 e. The van der Waals surface area contributed by atoms with Crippen molar-refractivity contribution >= 4 is 0 Å². The van der Waals surface area contributed by atoms with Gasteiger partial charge in [-0.3, -0.25) is 0 Å². The first kappa shape index (κ1) is 11.6. The van der Waals surface area contributed by atoms with Gasteiger partial charge in [-0.05, 0) is 12.1 Å². The number of benzene rings is 1. The van der Waals surface area contributed by atoms with Gasteiger partial charge in [0, 0.05) is 19.4 Å². The fourth-order valence-corrected chi connectivity index (χ4v) is 1.97. The fourth-order valence-electron chi connectivity index (χ4n) is 1.97. The Morgan fingerprint density at radius 1 is 1.21 bits per heavy atom. The second-order valence-electron chi connectivity index (χ2n) is 4.21. The van der Waals surface area contributed by atoms with Gasteiger partial charge in [0.2, 0.25) is 0 Å². The lowest BCUT2D eigenvalue weighted by Gasteiger charge is -2.12. The van der Waals surface area contributed by atoms with Gasteiger partial charge in [-0.2, -0.15) is 0 Å². The first-order valence-electron chi connectivity index (χ1n) is 5.88. The Hall–Kier alpha value is -2.47. The van der Waals surface area contributed by atoms with Crippen molar-refractivity contribution in [1.29, 1.82) is 0 Å². The average molecular weight is 255 g/mol. The summed E-state index contributed by atoms with van der Waals surface area (Å²) in [4.78, 5) is 4.15. The van der Waals surface area contributed by atoms with E-state index in [0.717, 1.165) is 5.69 Å². The fraction of sp³-hybridized carbons (Fsp3) is 0.154. The summed E-state index contributed by atoms with van der Waals surface area (Å²) in [6, 6.07) is 9.56. The molecular formula is C13H13N5O. The summed E-state index contributed by atoms with van der Waals surface area (Å²) >= 11 is 0. The SMILES string of the molecule is Cn1ccnc1C(O)c1cnnn1-c1ccccc1. The van der Waals surface area contributed by atoms with Gasteiger partial charge in [0.15, 0.2) is 6.10 Å². The van der Waals surface area contributed by atoms with Crippen LogP contribution in [0.4, 0.5) is 0 Å². The molecular weight excluding hydrogens is 242 g/mol. The highest BCUT2D eigenvalue weighted by Gasteiger charge is 2.20. The van der Waals surface area contributed by atoms with Crippen molar-refractivity contribution in [2.24, 2.45) is 7.05 Å². The molecule has 19 heavy (non-hydrogen) atoms. The molecule has 2 aromatic heterocycles. The van der Waals surface area contributed by atoms with Crippen molar-refractivity contribution in [2.75, 3.05) is 0 Å². The van der Waals surface area contributed by atoms with Gasteiger partial charge < -0.3 is 9.67 Å². The van der Waals surface area contributed by atoms with Crippen LogP contribution in [-0.4, -0.2) is 29.7 Å². The van der Waals surface area contributed by atoms with Gasteiger partial charge in [0.25, 0.3) is 0 Å². The van der Waals surface area contributed by atoms with Crippen LogP contribution in [0.25, 0.3) is 5.69 Å². The topological polar surface area (TPSA) is 68.8 Å². The number of rotatable bonds is 3. The maximum absolute atomic E-state index is 10.4. The first-order chi connectivity index (χ1) is 9.27. The van der Waals surface area contributed by atoms with Crippen LogP contribution in [0.2, 0.25) is 0 Å². The van der Waals surface area contributed by atoms with E-state index in [-0.39, 0.29) is 0 Å². The van der Waals surface area contributed by atoms with Crippen LogP contribution in [-0.2, 0) is 7.05 Å². The van der Waals surface area contributed by atoms with Gasteiger partial charge in [-0.25, -0.2) is 9.67 Å². The van der Waals surface area contributed by atoms with Gasteiger partial charge in [0.1, 0.15) is 11.5 Å². The molecule has 0 aliphatic rings. The molecule has 1 unspecified atom stereocenters. The summed E-state index contributed by atoms with van der Waals surface area (Å²) in [5.74, 6) is 0.555. The molecule has 2 heterocycles. The van der Waals surface area contributed by atoms with Gasteiger partial charge in [-0.15, -0.1) is 5.10 Å². The van der Waals surface area contributed by atoms with E-state index in [1.165, 1.54) is 0 Å². The summed E-state index contributed by atoms with van der Waals surface area (Å²) in [6.07, 6.45) is 4.12. The van der Waals surface area contributed by atoms with Gasteiger partial charge in [0.05, 0.1) is 11.9 Å². The Labute approximate surface area is 110 Å². The Balaban J connectivity index is 2.04. The Bertz CT molecular complexity index is 673. The molecule has 0 spiro atoms. The van der Waals surface area contributed by atoms with Gasteiger partial charge in [-0.1, -0.05) is 23.4 Å². The van der Waals surface area contributed by atoms with E-state index >= 15 is 0 Å². The quantitative estimate of drug-likeness (QED) is 0.760. The summed E-state index contributed by atoms with van der Waals surface area (Å²) < 4.78 is 3.38. The Morgan fingerprint density at radius 2 is 2.00 bits per heavy atom. The van der Waals surface area contributed by atoms with E-state index in [1.807, 2.05) is 37.4 Å². The van der Waals surface area contributed by atoms with Crippen LogP contribution in [0.1, 0.15) is 17.6 Å². The number of aryl methyl sites for hydroxylation is 1. The second-order valence-corrected chi connectivity index (χ2v) is 4.21. The highest BCUT2D eigenvalue weighted by molar-refractivity contribution is 5.32. The van der Waals surface area contributed by atoms with Crippen molar-refractivity contribution in [1.82, 2.24) is 24.5 Å². The number of hydrogen-bond acceptors (Lipinski definition) is 4. The molecule has 0 saturated heterocycles. The minimum atomic E-state index is -0.866. The summed E-state index contributed by atoms with van der Waals surface area (Å²) in [5.41, 5.74) is 1.43. The second kappa shape index (κ2) is 4.66. The third-order valence-corrected chi connectivity index (χ3v) is 2.96. The van der Waals surface area contributed by atoms with E-state index in [2.05, 4.69) is 15.3 Å². The monoisotopic (exact) mass is 255 g/mol. The molecule has 3 aromatic rings. The van der Waals surface area contributed by atoms with Crippen molar-refractivity contribution < 1.29 is 5.11 Å². The maximum atomic E-state index is 10.4. The molecule has 0 aliphatic heterocycles. The zero-order valence-electron chi connectivity index (χ0n) is 10.4. The van der Waals surface area contributed by atoms with Crippen LogP contribution in [0.5, 0.6) is 0 Å². The minimum Gasteiger partial charge on any atom is -0.379 e. The van der Waals surface area contributed by atoms with Gasteiger partial charge >= 0.3 is 0 Å². The average Bonchev–Trinajstić information content (AvgIpc) is 3.07. The molecule has 0 bridgehead atoms. The molecule has 0 radical (unpaired) electrons. The number of hydrogen-bond donors (Lipinski definition) is 1. The zero-order valence-corrected chi connectivity index (χ0v) is 10.4. The van der Waals surface area contributed by atoms with E-state index in [9.17, 15) is 5.11 Å². The Kier molecular flexibility index (Phi) is 2.85. The van der Waals surface area contributed by atoms with Crippen molar-refractivity contribution in [3.63, 3.8) is 0 Å². The molecule has 6 nitrogen and oxygen atoms in total. The standard InChI is InChI=1S/C13H13N5O/c1-17-8-7-14-13(17)12(19)11-9-15-16-18(11)10-5-3-2-4-6-10/h2-9,12,19H,1H3. The number of aliphatic hydroxyl groups excluding tert-OH is 1. The van der Waals surface area contributed by atoms with Crippen molar-refractivity contribution in [3.8, 4) is 5.69 Å². The van der Waals surface area contributed by atoms with E-state index < -0.39 is 6.10 Å². The van der Waals surface area contributed by atoms with Crippen LogP contribution in [0.15, 0.2) is 48.9 Å². The van der Waals surface area contributed by atoms with Crippen molar-refractivity contribution in [3.05, 3.63) is 60.4 Å². The number of nitrogens with zero attached hydrogens (tertiary/aromatic N) is 5. The lowest BCUT2D eigenvalue weighted by molar-refractivity contribution is 0.198. The third kappa shape index (κ3) is 2.02. The number of para-hydroxylation sites is 1. The minimum absolute atomic E-state index is 0.555. The molecule has 0 fully saturated rings.